The maximum atomic E-state index is 12.3. The summed E-state index contributed by atoms with van der Waals surface area (Å²) in [4.78, 5) is 16.6. The normalized spacial score (nSPS) is 11.0. The summed E-state index contributed by atoms with van der Waals surface area (Å²) >= 11 is 0. The van der Waals surface area contributed by atoms with Crippen molar-refractivity contribution in [1.82, 2.24) is 19.6 Å². The van der Waals surface area contributed by atoms with Crippen LogP contribution in [0.1, 0.15) is 10.5 Å². The number of hydrogen-bond donors (Lipinski definition) is 2. The monoisotopic (exact) mass is 277 g/mol. The van der Waals surface area contributed by atoms with Crippen LogP contribution in [0.3, 0.4) is 0 Å². The number of carbonyl (C=O) groups is 1. The number of nitrogens with one attached hydrogen (secondary N) is 2. The van der Waals surface area contributed by atoms with Crippen molar-refractivity contribution in [3.8, 4) is 0 Å². The highest BCUT2D eigenvalue weighted by Gasteiger charge is 2.13. The van der Waals surface area contributed by atoms with Crippen LogP contribution in [-0.4, -0.2) is 25.5 Å². The minimum Gasteiger partial charge on any atom is -0.306 e. The van der Waals surface area contributed by atoms with Crippen molar-refractivity contribution in [2.24, 2.45) is 0 Å². The number of anilines is 1. The van der Waals surface area contributed by atoms with E-state index in [4.69, 9.17) is 0 Å². The van der Waals surface area contributed by atoms with E-state index in [-0.39, 0.29) is 5.91 Å². The molecule has 6 heteroatoms. The van der Waals surface area contributed by atoms with Crippen LogP contribution in [0.2, 0.25) is 0 Å². The summed E-state index contributed by atoms with van der Waals surface area (Å²) in [5, 5.41) is 10.7. The number of para-hydroxylation sites is 1. The van der Waals surface area contributed by atoms with Gasteiger partial charge in [-0.25, -0.2) is 4.98 Å². The smallest absolute Gasteiger partial charge is 0.277 e. The second-order valence-electron chi connectivity index (χ2n) is 4.66. The van der Waals surface area contributed by atoms with E-state index in [0.29, 0.717) is 11.5 Å². The van der Waals surface area contributed by atoms with Crippen LogP contribution in [0.5, 0.6) is 0 Å². The van der Waals surface area contributed by atoms with Gasteiger partial charge in [-0.15, -0.1) is 0 Å². The summed E-state index contributed by atoms with van der Waals surface area (Å²) in [6.45, 7) is 0. The number of hydrogen-bond acceptors (Lipinski definition) is 3. The van der Waals surface area contributed by atoms with E-state index in [1.165, 1.54) is 0 Å². The molecule has 0 aliphatic heterocycles. The predicted molar refractivity (Wildman–Crippen MR) is 79.2 cm³/mol. The molecule has 0 saturated heterocycles. The molecule has 4 aromatic rings. The van der Waals surface area contributed by atoms with Gasteiger partial charge in [0, 0.05) is 17.8 Å². The summed E-state index contributed by atoms with van der Waals surface area (Å²) < 4.78 is 1.80. The molecule has 0 saturated carbocycles. The number of rotatable bonds is 2. The van der Waals surface area contributed by atoms with Crippen molar-refractivity contribution in [2.45, 2.75) is 0 Å². The van der Waals surface area contributed by atoms with Crippen LogP contribution in [0.4, 0.5) is 5.82 Å². The van der Waals surface area contributed by atoms with E-state index in [1.54, 1.807) is 10.6 Å². The number of carbonyl (C=O) groups excluding carboxylic acids is 1. The molecule has 3 aromatic heterocycles. The lowest BCUT2D eigenvalue weighted by molar-refractivity contribution is 0.102. The fraction of sp³-hybridized carbons (Fsp3) is 0. The number of H-pyrrole nitrogens is 1. The Balaban J connectivity index is 1.69. The van der Waals surface area contributed by atoms with Gasteiger partial charge < -0.3 is 9.72 Å². The molecule has 0 bridgehead atoms. The van der Waals surface area contributed by atoms with Crippen molar-refractivity contribution in [3.05, 3.63) is 60.6 Å². The number of aromatic amines is 1. The minimum absolute atomic E-state index is 0.282. The molecule has 1 amide bonds. The number of imidazole rings is 1. The Labute approximate surface area is 119 Å². The molecule has 6 nitrogen and oxygen atoms in total. The number of nitrogens with zero attached hydrogens (tertiary/aromatic N) is 3. The van der Waals surface area contributed by atoms with Gasteiger partial charge in [-0.3, -0.25) is 9.89 Å². The van der Waals surface area contributed by atoms with Gasteiger partial charge in [-0.05, 0) is 24.3 Å². The van der Waals surface area contributed by atoms with E-state index < -0.39 is 0 Å². The van der Waals surface area contributed by atoms with Crippen LogP contribution in [-0.2, 0) is 0 Å². The van der Waals surface area contributed by atoms with Gasteiger partial charge in [0.05, 0.1) is 5.52 Å². The first kappa shape index (κ1) is 11.7. The molecular weight excluding hydrogens is 266 g/mol. The Bertz CT molecular complexity index is 920. The van der Waals surface area contributed by atoms with Crippen molar-refractivity contribution in [1.29, 1.82) is 0 Å². The molecule has 0 radical (unpaired) electrons. The van der Waals surface area contributed by atoms with E-state index in [0.717, 1.165) is 16.6 Å². The van der Waals surface area contributed by atoms with E-state index in [2.05, 4.69) is 20.5 Å². The zero-order chi connectivity index (χ0) is 14.2. The van der Waals surface area contributed by atoms with Gasteiger partial charge in [-0.1, -0.05) is 18.2 Å². The molecule has 0 spiro atoms. The van der Waals surface area contributed by atoms with E-state index in [1.807, 2.05) is 48.7 Å². The Morgan fingerprint density at radius 3 is 2.90 bits per heavy atom. The molecule has 0 atom stereocenters. The summed E-state index contributed by atoms with van der Waals surface area (Å²) in [5.41, 5.74) is 1.96. The van der Waals surface area contributed by atoms with Crippen LogP contribution >= 0.6 is 0 Å². The molecule has 3 heterocycles. The molecule has 0 fully saturated rings. The van der Waals surface area contributed by atoms with Gasteiger partial charge >= 0.3 is 0 Å². The lowest BCUT2D eigenvalue weighted by Crippen LogP contribution is -2.12. The second kappa shape index (κ2) is 4.45. The Morgan fingerprint density at radius 1 is 1.14 bits per heavy atom. The van der Waals surface area contributed by atoms with Crippen molar-refractivity contribution in [2.75, 3.05) is 5.32 Å². The predicted octanol–water partition coefficient (Wildman–Crippen LogP) is 2.46. The van der Waals surface area contributed by atoms with Crippen molar-refractivity contribution >= 4 is 28.3 Å². The van der Waals surface area contributed by atoms with Gasteiger partial charge in [-0.2, -0.15) is 5.10 Å². The minimum atomic E-state index is -0.282. The summed E-state index contributed by atoms with van der Waals surface area (Å²) in [5.74, 6) is 0.226. The average Bonchev–Trinajstić information content (AvgIpc) is 3.11. The number of aromatic nitrogens is 4. The van der Waals surface area contributed by atoms with Gasteiger partial charge in [0.2, 0.25) is 0 Å². The SMILES string of the molecule is O=C(Nc1n[nH]c2ccccc12)c1cn2ccccc2n1. The topological polar surface area (TPSA) is 75.1 Å². The zero-order valence-corrected chi connectivity index (χ0v) is 10.9. The van der Waals surface area contributed by atoms with Crippen molar-refractivity contribution in [3.63, 3.8) is 0 Å². The van der Waals surface area contributed by atoms with Gasteiger partial charge in [0.15, 0.2) is 5.82 Å². The molecule has 102 valence electrons. The van der Waals surface area contributed by atoms with Gasteiger partial charge in [0.25, 0.3) is 5.91 Å². The third-order valence-corrected chi connectivity index (χ3v) is 3.30. The molecule has 1 aromatic carbocycles. The highest BCUT2D eigenvalue weighted by molar-refractivity contribution is 6.07. The molecule has 4 rings (SSSR count). The number of benzene rings is 1. The standard InChI is InChI=1S/C15H11N5O/c21-15(12-9-20-8-4-3-7-13(20)16-12)17-14-10-5-1-2-6-11(10)18-19-14/h1-9H,(H2,17,18,19,21). The third kappa shape index (κ3) is 1.93. The van der Waals surface area contributed by atoms with E-state index in [9.17, 15) is 4.79 Å². The second-order valence-corrected chi connectivity index (χ2v) is 4.66. The molecule has 21 heavy (non-hydrogen) atoms. The molecule has 0 aliphatic carbocycles. The molecular formula is C15H11N5O. The Kier molecular flexibility index (Phi) is 2.47. The maximum absolute atomic E-state index is 12.3. The first-order chi connectivity index (χ1) is 10.3. The maximum Gasteiger partial charge on any atom is 0.277 e. The van der Waals surface area contributed by atoms with Crippen molar-refractivity contribution < 1.29 is 4.79 Å². The summed E-state index contributed by atoms with van der Waals surface area (Å²) in [6, 6.07) is 13.2. The van der Waals surface area contributed by atoms with Gasteiger partial charge in [0.1, 0.15) is 11.3 Å². The lowest BCUT2D eigenvalue weighted by atomic mass is 10.2. The molecule has 0 unspecified atom stereocenters. The number of amides is 1. The molecule has 0 aliphatic rings. The van der Waals surface area contributed by atoms with Crippen LogP contribution in [0.25, 0.3) is 16.6 Å². The first-order valence-corrected chi connectivity index (χ1v) is 6.49. The summed E-state index contributed by atoms with van der Waals surface area (Å²) in [6.07, 6.45) is 3.54. The van der Waals surface area contributed by atoms with E-state index >= 15 is 0 Å². The Hall–Kier alpha value is -3.15. The zero-order valence-electron chi connectivity index (χ0n) is 10.9. The highest BCUT2D eigenvalue weighted by atomic mass is 16.2. The lowest BCUT2D eigenvalue weighted by Gasteiger charge is -1.98. The van der Waals surface area contributed by atoms with Crippen LogP contribution < -0.4 is 5.32 Å². The largest absolute Gasteiger partial charge is 0.306 e. The summed E-state index contributed by atoms with van der Waals surface area (Å²) in [7, 11) is 0. The molecule has 2 N–H and O–H groups in total. The third-order valence-electron chi connectivity index (χ3n) is 3.30. The fourth-order valence-corrected chi connectivity index (χ4v) is 2.27. The Morgan fingerprint density at radius 2 is 2.00 bits per heavy atom. The first-order valence-electron chi connectivity index (χ1n) is 6.49. The highest BCUT2D eigenvalue weighted by Crippen LogP contribution is 2.20. The quantitative estimate of drug-likeness (QED) is 0.591. The fourth-order valence-electron chi connectivity index (χ4n) is 2.27. The number of pyridine rings is 1. The number of fused-ring (bicyclic) bond motifs is 2. The average molecular weight is 277 g/mol. The van der Waals surface area contributed by atoms with Crippen LogP contribution in [0, 0.1) is 0 Å². The van der Waals surface area contributed by atoms with Crippen LogP contribution in [0.15, 0.2) is 54.9 Å².